The number of quaternary nitrogens is 1. The summed E-state index contributed by atoms with van der Waals surface area (Å²) in [5, 5.41) is 6.34. The Labute approximate surface area is 172 Å². The lowest BCUT2D eigenvalue weighted by atomic mass is 9.98. The summed E-state index contributed by atoms with van der Waals surface area (Å²) in [5.41, 5.74) is 3.57. The van der Waals surface area contributed by atoms with Gasteiger partial charge in [0.05, 0.1) is 17.8 Å². The highest BCUT2D eigenvalue weighted by Gasteiger charge is 2.25. The summed E-state index contributed by atoms with van der Waals surface area (Å²) in [6.07, 6.45) is 0. The van der Waals surface area contributed by atoms with Crippen molar-refractivity contribution >= 4 is 34.8 Å². The number of carbonyl (C=O) groups excluding carboxylic acids is 2. The monoisotopic (exact) mass is 402 g/mol. The fourth-order valence-electron chi connectivity index (χ4n) is 2.96. The van der Waals surface area contributed by atoms with E-state index in [0.717, 1.165) is 21.7 Å². The fourth-order valence-corrected chi connectivity index (χ4v) is 3.14. The molecule has 0 radical (unpaired) electrons. The summed E-state index contributed by atoms with van der Waals surface area (Å²) < 4.78 is 0. The van der Waals surface area contributed by atoms with E-state index >= 15 is 0 Å². The van der Waals surface area contributed by atoms with Gasteiger partial charge in [0, 0.05) is 5.69 Å². The van der Waals surface area contributed by atoms with Crippen LogP contribution in [0.5, 0.6) is 0 Å². The number of hydrogen-bond donors (Lipinski definition) is 3. The first-order valence-corrected chi connectivity index (χ1v) is 9.85. The Morgan fingerprint density at radius 3 is 2.36 bits per heavy atom. The van der Waals surface area contributed by atoms with Crippen molar-refractivity contribution in [3.63, 3.8) is 0 Å². The van der Waals surface area contributed by atoms with Crippen LogP contribution < -0.4 is 15.5 Å². The highest BCUT2D eigenvalue weighted by atomic mass is 35.5. The van der Waals surface area contributed by atoms with Crippen LogP contribution in [0.4, 0.5) is 11.4 Å². The number of aryl methyl sites for hydroxylation is 1. The molecule has 6 heteroatoms. The number of hydrogen-bond acceptors (Lipinski definition) is 2. The molecule has 3 N–H and O–H groups in total. The van der Waals surface area contributed by atoms with Crippen LogP contribution in [-0.2, 0) is 9.59 Å². The zero-order valence-corrected chi connectivity index (χ0v) is 17.9. The van der Waals surface area contributed by atoms with Crippen LogP contribution in [0, 0.1) is 6.92 Å². The van der Waals surface area contributed by atoms with Gasteiger partial charge in [-0.2, -0.15) is 0 Å². The van der Waals surface area contributed by atoms with Gasteiger partial charge in [0.2, 0.25) is 0 Å². The van der Waals surface area contributed by atoms with Gasteiger partial charge >= 0.3 is 0 Å². The highest BCUT2D eigenvalue weighted by molar-refractivity contribution is 6.33. The van der Waals surface area contributed by atoms with Gasteiger partial charge in [-0.05, 0) is 43.0 Å². The molecule has 0 spiro atoms. The van der Waals surface area contributed by atoms with Gasteiger partial charge in [0.15, 0.2) is 12.6 Å². The van der Waals surface area contributed by atoms with E-state index in [0.29, 0.717) is 16.6 Å². The Morgan fingerprint density at radius 1 is 1.04 bits per heavy atom. The first-order chi connectivity index (χ1) is 13.2. The molecular formula is C22H29ClN3O2+. The van der Waals surface area contributed by atoms with E-state index in [1.54, 1.807) is 18.2 Å². The lowest BCUT2D eigenvalue weighted by Gasteiger charge is -2.23. The second-order valence-electron chi connectivity index (χ2n) is 7.46. The molecule has 5 nitrogen and oxygen atoms in total. The second-order valence-corrected chi connectivity index (χ2v) is 7.86. The Hall–Kier alpha value is -2.37. The van der Waals surface area contributed by atoms with E-state index in [4.69, 9.17) is 11.6 Å². The zero-order valence-electron chi connectivity index (χ0n) is 17.1. The molecule has 2 amide bonds. The lowest BCUT2D eigenvalue weighted by Crippen LogP contribution is -3.14. The average molecular weight is 403 g/mol. The van der Waals surface area contributed by atoms with E-state index in [-0.39, 0.29) is 18.4 Å². The van der Waals surface area contributed by atoms with E-state index in [9.17, 15) is 9.59 Å². The number of anilines is 2. The molecule has 0 bridgehead atoms. The summed E-state index contributed by atoms with van der Waals surface area (Å²) in [5.74, 6) is 0.000219. The van der Waals surface area contributed by atoms with E-state index in [2.05, 4.69) is 24.5 Å². The number of para-hydroxylation sites is 2. The van der Waals surface area contributed by atoms with Crippen LogP contribution in [0.1, 0.15) is 37.8 Å². The van der Waals surface area contributed by atoms with Crippen molar-refractivity contribution in [2.75, 3.05) is 24.2 Å². The smallest absolute Gasteiger partial charge is 0.282 e. The maximum Gasteiger partial charge on any atom is 0.282 e. The summed E-state index contributed by atoms with van der Waals surface area (Å²) >= 11 is 6.08. The Bertz CT molecular complexity index is 851. The van der Waals surface area contributed by atoms with Crippen LogP contribution in [0.2, 0.25) is 5.02 Å². The van der Waals surface area contributed by atoms with Crippen molar-refractivity contribution in [1.82, 2.24) is 0 Å². The van der Waals surface area contributed by atoms with Gasteiger partial charge in [0.1, 0.15) is 0 Å². The van der Waals surface area contributed by atoms with Gasteiger partial charge < -0.3 is 15.5 Å². The van der Waals surface area contributed by atoms with Crippen LogP contribution >= 0.6 is 11.6 Å². The van der Waals surface area contributed by atoms with Crippen LogP contribution in [0.25, 0.3) is 0 Å². The first-order valence-electron chi connectivity index (χ1n) is 9.47. The molecule has 0 saturated carbocycles. The maximum atomic E-state index is 12.8. The molecule has 2 rings (SSSR count). The molecule has 0 aromatic heterocycles. The van der Waals surface area contributed by atoms with Gasteiger partial charge in [0.25, 0.3) is 11.8 Å². The van der Waals surface area contributed by atoms with Crippen molar-refractivity contribution in [2.24, 2.45) is 0 Å². The number of amides is 2. The van der Waals surface area contributed by atoms with E-state index in [1.807, 2.05) is 45.2 Å². The normalized spacial score (nSPS) is 13.1. The molecule has 2 aromatic carbocycles. The van der Waals surface area contributed by atoms with E-state index in [1.165, 1.54) is 0 Å². The SMILES string of the molecule is Cc1cccc(C(C)C)c1NC(=O)[C@@H](C)[NH+](C)CC(=O)Nc1ccccc1Cl. The summed E-state index contributed by atoms with van der Waals surface area (Å²) in [4.78, 5) is 25.9. The lowest BCUT2D eigenvalue weighted by molar-refractivity contribution is -0.885. The predicted octanol–water partition coefficient (Wildman–Crippen LogP) is 3.25. The Balaban J connectivity index is 2.01. The third-order valence-electron chi connectivity index (χ3n) is 4.90. The molecule has 0 aliphatic carbocycles. The third kappa shape index (κ3) is 5.57. The summed E-state index contributed by atoms with van der Waals surface area (Å²) in [6, 6.07) is 12.7. The number of likely N-dealkylation sites (N-methyl/N-ethyl adjacent to an activating group) is 1. The minimum Gasteiger partial charge on any atom is -0.320 e. The van der Waals surface area contributed by atoms with Crippen molar-refractivity contribution in [3.05, 3.63) is 58.6 Å². The maximum absolute atomic E-state index is 12.8. The molecule has 1 unspecified atom stereocenters. The fraction of sp³-hybridized carbons (Fsp3) is 0.364. The van der Waals surface area contributed by atoms with Crippen molar-refractivity contribution in [1.29, 1.82) is 0 Å². The molecule has 2 aromatic rings. The zero-order chi connectivity index (χ0) is 20.8. The molecule has 0 fully saturated rings. The minimum absolute atomic E-state index is 0.112. The standard InChI is InChI=1S/C22H28ClN3O2/c1-14(2)17-10-8-9-15(3)21(17)25-22(28)16(4)26(5)13-20(27)24-19-12-7-6-11-18(19)23/h6-12,14,16H,13H2,1-5H3,(H,24,27)(H,25,28)/p+1/t16-/m1/s1. The Morgan fingerprint density at radius 2 is 1.71 bits per heavy atom. The molecular weight excluding hydrogens is 374 g/mol. The number of halogens is 1. The molecule has 0 aliphatic heterocycles. The Kier molecular flexibility index (Phi) is 7.61. The van der Waals surface area contributed by atoms with Crippen molar-refractivity contribution in [2.45, 2.75) is 39.7 Å². The molecule has 28 heavy (non-hydrogen) atoms. The van der Waals surface area contributed by atoms with Crippen LogP contribution in [-0.4, -0.2) is 31.4 Å². The average Bonchev–Trinajstić information content (AvgIpc) is 2.64. The molecule has 0 heterocycles. The van der Waals surface area contributed by atoms with Gasteiger partial charge in [-0.15, -0.1) is 0 Å². The summed E-state index contributed by atoms with van der Waals surface area (Å²) in [6.45, 7) is 8.17. The van der Waals surface area contributed by atoms with Crippen LogP contribution in [0.15, 0.2) is 42.5 Å². The van der Waals surface area contributed by atoms with Gasteiger partial charge in [-0.3, -0.25) is 9.59 Å². The minimum atomic E-state index is -0.392. The third-order valence-corrected chi connectivity index (χ3v) is 5.22. The van der Waals surface area contributed by atoms with Gasteiger partial charge in [-0.1, -0.05) is 55.8 Å². The first kappa shape index (κ1) is 21.9. The molecule has 2 atom stereocenters. The van der Waals surface area contributed by atoms with Crippen molar-refractivity contribution < 1.29 is 14.5 Å². The number of rotatable bonds is 7. The van der Waals surface area contributed by atoms with E-state index < -0.39 is 6.04 Å². The van der Waals surface area contributed by atoms with Gasteiger partial charge in [-0.25, -0.2) is 0 Å². The van der Waals surface area contributed by atoms with Crippen LogP contribution in [0.3, 0.4) is 0 Å². The number of carbonyl (C=O) groups is 2. The largest absolute Gasteiger partial charge is 0.320 e. The quantitative estimate of drug-likeness (QED) is 0.665. The molecule has 150 valence electrons. The molecule has 0 aliphatic rings. The summed E-state index contributed by atoms with van der Waals surface area (Å²) in [7, 11) is 1.83. The highest BCUT2D eigenvalue weighted by Crippen LogP contribution is 2.27. The van der Waals surface area contributed by atoms with Crippen molar-refractivity contribution in [3.8, 4) is 0 Å². The number of nitrogens with one attached hydrogen (secondary N) is 3. The second kappa shape index (κ2) is 9.71. The predicted molar refractivity (Wildman–Crippen MR) is 115 cm³/mol. The molecule has 0 saturated heterocycles. The number of benzene rings is 2. The topological polar surface area (TPSA) is 62.6 Å².